The molecule has 8 heteroatoms. The number of carbonyl (C=O) groups excluding carboxylic acids is 2. The maximum Gasteiger partial charge on any atom is 0.311 e. The van der Waals surface area contributed by atoms with Crippen LogP contribution in [0.4, 0.5) is 5.69 Å². The highest BCUT2D eigenvalue weighted by molar-refractivity contribution is 6.41. The van der Waals surface area contributed by atoms with Gasteiger partial charge >= 0.3 is 5.91 Å². The fourth-order valence-corrected chi connectivity index (χ4v) is 1.87. The molecule has 0 fully saturated rings. The Labute approximate surface area is 148 Å². The predicted octanol–water partition coefficient (Wildman–Crippen LogP) is 2.34. The summed E-state index contributed by atoms with van der Waals surface area (Å²) < 4.78 is 5.03. The van der Waals surface area contributed by atoms with E-state index in [4.69, 9.17) is 4.74 Å². The Hall–Kier alpha value is -3.81. The number of hydrazone groups is 1. The molecule has 0 heterocycles. The fourth-order valence-electron chi connectivity index (χ4n) is 1.87. The van der Waals surface area contributed by atoms with Gasteiger partial charge in [-0.2, -0.15) is 5.10 Å². The van der Waals surface area contributed by atoms with Gasteiger partial charge in [-0.3, -0.25) is 19.7 Å². The smallest absolute Gasteiger partial charge is 0.311 e. The SMILES string of the molecule is COc1ccc(/C=N\NC(=O)C(=O)/C=C/c2ccc([N+](=O)[O-])cc2)cc1. The van der Waals surface area contributed by atoms with Crippen LogP contribution in [0, 0.1) is 10.1 Å². The summed E-state index contributed by atoms with van der Waals surface area (Å²) in [6.07, 6.45) is 3.85. The van der Waals surface area contributed by atoms with Crippen molar-refractivity contribution in [2.75, 3.05) is 7.11 Å². The average molecular weight is 353 g/mol. The van der Waals surface area contributed by atoms with Crippen molar-refractivity contribution in [3.05, 3.63) is 75.8 Å². The van der Waals surface area contributed by atoms with E-state index in [1.807, 2.05) is 0 Å². The average Bonchev–Trinajstić information content (AvgIpc) is 2.66. The predicted molar refractivity (Wildman–Crippen MR) is 95.9 cm³/mol. The number of ketones is 1. The third-order valence-corrected chi connectivity index (χ3v) is 3.25. The van der Waals surface area contributed by atoms with Crippen LogP contribution in [0.5, 0.6) is 5.75 Å². The zero-order chi connectivity index (χ0) is 18.9. The molecule has 26 heavy (non-hydrogen) atoms. The van der Waals surface area contributed by atoms with Gasteiger partial charge in [0.15, 0.2) is 0 Å². The van der Waals surface area contributed by atoms with Crippen molar-refractivity contribution >= 4 is 29.7 Å². The van der Waals surface area contributed by atoms with Gasteiger partial charge in [-0.05, 0) is 53.6 Å². The summed E-state index contributed by atoms with van der Waals surface area (Å²) in [4.78, 5) is 33.4. The van der Waals surface area contributed by atoms with Crippen molar-refractivity contribution in [2.45, 2.75) is 0 Å². The number of ether oxygens (including phenoxy) is 1. The first-order valence-electron chi connectivity index (χ1n) is 7.43. The van der Waals surface area contributed by atoms with Gasteiger partial charge in [0.2, 0.25) is 5.78 Å². The van der Waals surface area contributed by atoms with E-state index in [9.17, 15) is 19.7 Å². The van der Waals surface area contributed by atoms with Gasteiger partial charge in [0.05, 0.1) is 18.2 Å². The molecule has 0 unspecified atom stereocenters. The van der Waals surface area contributed by atoms with Crippen molar-refractivity contribution in [1.82, 2.24) is 5.43 Å². The van der Waals surface area contributed by atoms with Crippen molar-refractivity contribution < 1.29 is 19.2 Å². The molecule has 2 aromatic rings. The second kappa shape index (κ2) is 8.88. The highest BCUT2D eigenvalue weighted by Crippen LogP contribution is 2.13. The topological polar surface area (TPSA) is 111 Å². The lowest BCUT2D eigenvalue weighted by Gasteiger charge is -1.99. The van der Waals surface area contributed by atoms with Crippen molar-refractivity contribution in [2.24, 2.45) is 5.10 Å². The van der Waals surface area contributed by atoms with Crippen LogP contribution in [-0.4, -0.2) is 29.9 Å². The molecule has 0 aromatic heterocycles. The number of nitrogens with one attached hydrogen (secondary N) is 1. The number of carbonyl (C=O) groups is 2. The molecule has 0 aliphatic carbocycles. The van der Waals surface area contributed by atoms with E-state index in [0.717, 1.165) is 11.6 Å². The number of hydrogen-bond acceptors (Lipinski definition) is 6. The lowest BCUT2D eigenvalue weighted by molar-refractivity contribution is -0.384. The Bertz CT molecular complexity index is 855. The van der Waals surface area contributed by atoms with Crippen LogP contribution >= 0.6 is 0 Å². The molecule has 0 bridgehead atoms. The molecule has 0 spiro atoms. The third kappa shape index (κ3) is 5.38. The van der Waals surface area contributed by atoms with Crippen LogP contribution in [0.2, 0.25) is 0 Å². The number of non-ortho nitro benzene ring substituents is 1. The molecule has 0 radical (unpaired) electrons. The number of hydrogen-bond donors (Lipinski definition) is 1. The molecule has 2 rings (SSSR count). The minimum Gasteiger partial charge on any atom is -0.497 e. The van der Waals surface area contributed by atoms with Crippen LogP contribution in [-0.2, 0) is 9.59 Å². The zero-order valence-corrected chi connectivity index (χ0v) is 13.8. The maximum absolute atomic E-state index is 11.7. The lowest BCUT2D eigenvalue weighted by atomic mass is 10.2. The highest BCUT2D eigenvalue weighted by Gasteiger charge is 2.09. The number of amides is 1. The number of nitro benzene ring substituents is 1. The number of nitro groups is 1. The van der Waals surface area contributed by atoms with Gasteiger partial charge in [0, 0.05) is 12.1 Å². The second-order valence-corrected chi connectivity index (χ2v) is 5.02. The summed E-state index contributed by atoms with van der Waals surface area (Å²) in [6.45, 7) is 0. The van der Waals surface area contributed by atoms with Gasteiger partial charge in [0.1, 0.15) is 5.75 Å². The minimum absolute atomic E-state index is 0.0564. The van der Waals surface area contributed by atoms with Crippen molar-refractivity contribution in [3.63, 3.8) is 0 Å². The van der Waals surface area contributed by atoms with Crippen LogP contribution in [0.1, 0.15) is 11.1 Å². The minimum atomic E-state index is -0.895. The largest absolute Gasteiger partial charge is 0.497 e. The van der Waals surface area contributed by atoms with Gasteiger partial charge in [-0.15, -0.1) is 0 Å². The molecule has 0 saturated heterocycles. The molecular weight excluding hydrogens is 338 g/mol. The molecular formula is C18H15N3O5. The standard InChI is InChI=1S/C18H15N3O5/c1-26-16-9-4-14(5-10-16)12-19-20-18(23)17(22)11-6-13-2-7-15(8-3-13)21(24)25/h2-12H,1H3,(H,20,23)/b11-6+,19-12-. The van der Waals surface area contributed by atoms with E-state index < -0.39 is 16.6 Å². The van der Waals surface area contributed by atoms with E-state index in [-0.39, 0.29) is 5.69 Å². The Kier molecular flexibility index (Phi) is 6.33. The van der Waals surface area contributed by atoms with Gasteiger partial charge in [-0.1, -0.05) is 6.08 Å². The second-order valence-electron chi connectivity index (χ2n) is 5.02. The molecule has 2 aromatic carbocycles. The van der Waals surface area contributed by atoms with E-state index >= 15 is 0 Å². The van der Waals surface area contributed by atoms with Gasteiger partial charge < -0.3 is 4.74 Å². The maximum atomic E-state index is 11.7. The molecule has 0 aliphatic heterocycles. The summed E-state index contributed by atoms with van der Waals surface area (Å²) >= 11 is 0. The summed E-state index contributed by atoms with van der Waals surface area (Å²) in [5, 5.41) is 14.3. The normalized spacial score (nSPS) is 10.8. The molecule has 0 atom stereocenters. The number of nitrogens with zero attached hydrogens (tertiary/aromatic N) is 2. The Balaban J connectivity index is 1.89. The lowest BCUT2D eigenvalue weighted by Crippen LogP contribution is -2.25. The van der Waals surface area contributed by atoms with Crippen LogP contribution < -0.4 is 10.2 Å². The van der Waals surface area contributed by atoms with Crippen LogP contribution in [0.25, 0.3) is 6.08 Å². The van der Waals surface area contributed by atoms with E-state index in [1.165, 1.54) is 36.6 Å². The first-order chi connectivity index (χ1) is 12.5. The summed E-state index contributed by atoms with van der Waals surface area (Å²) in [5.74, 6) is -0.999. The molecule has 1 N–H and O–H groups in total. The van der Waals surface area contributed by atoms with Crippen molar-refractivity contribution in [1.29, 1.82) is 0 Å². The molecule has 0 aliphatic rings. The first-order valence-corrected chi connectivity index (χ1v) is 7.43. The monoisotopic (exact) mass is 353 g/mol. The van der Waals surface area contributed by atoms with E-state index in [2.05, 4.69) is 10.5 Å². The molecule has 132 valence electrons. The Morgan fingerprint density at radius 1 is 1.08 bits per heavy atom. The number of methoxy groups -OCH3 is 1. The zero-order valence-electron chi connectivity index (χ0n) is 13.8. The number of benzene rings is 2. The van der Waals surface area contributed by atoms with Crippen LogP contribution in [0.3, 0.4) is 0 Å². The third-order valence-electron chi connectivity index (χ3n) is 3.25. The van der Waals surface area contributed by atoms with Gasteiger partial charge in [-0.25, -0.2) is 5.43 Å². The summed E-state index contributed by atoms with van der Waals surface area (Å²) in [5.41, 5.74) is 3.35. The van der Waals surface area contributed by atoms with Crippen molar-refractivity contribution in [3.8, 4) is 5.75 Å². The van der Waals surface area contributed by atoms with E-state index in [0.29, 0.717) is 11.3 Å². The Morgan fingerprint density at radius 2 is 1.69 bits per heavy atom. The highest BCUT2D eigenvalue weighted by atomic mass is 16.6. The van der Waals surface area contributed by atoms with E-state index in [1.54, 1.807) is 31.4 Å². The number of rotatable bonds is 7. The molecule has 1 amide bonds. The fraction of sp³-hybridized carbons (Fsp3) is 0.0556. The quantitative estimate of drug-likeness (QED) is 0.270. The summed E-state index contributed by atoms with van der Waals surface area (Å²) in [7, 11) is 1.55. The molecule has 0 saturated carbocycles. The molecule has 8 nitrogen and oxygen atoms in total. The summed E-state index contributed by atoms with van der Waals surface area (Å²) in [6, 6.07) is 12.5. The van der Waals surface area contributed by atoms with Gasteiger partial charge in [0.25, 0.3) is 5.69 Å². The first kappa shape index (κ1) is 18.5. The Morgan fingerprint density at radius 3 is 2.27 bits per heavy atom. The van der Waals surface area contributed by atoms with Crippen LogP contribution in [0.15, 0.2) is 59.7 Å².